The number of amides is 1. The molecule has 0 aromatic heterocycles. The smallest absolute Gasteiger partial charge is 0.266 e. The van der Waals surface area contributed by atoms with Gasteiger partial charge in [-0.3, -0.25) is 4.79 Å². The van der Waals surface area contributed by atoms with Crippen molar-refractivity contribution in [1.29, 1.82) is 5.26 Å². The molecule has 3 aromatic rings. The lowest BCUT2D eigenvalue weighted by Gasteiger charge is -2.14. The first kappa shape index (κ1) is 23.4. The number of hydrogen-bond donors (Lipinski definition) is 1. The fourth-order valence-corrected chi connectivity index (χ4v) is 3.81. The molecule has 0 radical (unpaired) electrons. The summed E-state index contributed by atoms with van der Waals surface area (Å²) >= 11 is 2.16. The number of rotatable bonds is 7. The molecule has 0 spiro atoms. The topological polar surface area (TPSA) is 71.3 Å². The van der Waals surface area contributed by atoms with Gasteiger partial charge in [0.15, 0.2) is 11.5 Å². The standard InChI is InChI=1S/C26H23IN2O3/c1-17-9-10-22(11-18(17)2)29-26(30)21(15-28)12-20-13-23(27)25(24(14-20)31-3)32-16-19-7-5-4-6-8-19/h4-14H,16H2,1-3H3,(H,29,30)/b21-12+. The Labute approximate surface area is 201 Å². The van der Waals surface area contributed by atoms with Gasteiger partial charge in [0.2, 0.25) is 0 Å². The summed E-state index contributed by atoms with van der Waals surface area (Å²) in [5.74, 6) is 0.687. The minimum Gasteiger partial charge on any atom is -0.493 e. The Bertz CT molecular complexity index is 1200. The number of nitrogens with one attached hydrogen (secondary N) is 1. The molecular formula is C26H23IN2O3. The second kappa shape index (κ2) is 10.8. The predicted octanol–water partition coefficient (Wildman–Crippen LogP) is 6.04. The molecule has 1 amide bonds. The van der Waals surface area contributed by atoms with Crippen LogP contribution in [0, 0.1) is 28.7 Å². The van der Waals surface area contributed by atoms with E-state index in [1.807, 2.05) is 74.5 Å². The number of hydrogen-bond acceptors (Lipinski definition) is 4. The molecule has 0 saturated carbocycles. The first-order valence-electron chi connectivity index (χ1n) is 9.96. The molecule has 0 aliphatic heterocycles. The number of ether oxygens (including phenoxy) is 2. The summed E-state index contributed by atoms with van der Waals surface area (Å²) < 4.78 is 12.3. The van der Waals surface area contributed by atoms with Gasteiger partial charge in [-0.25, -0.2) is 0 Å². The normalized spacial score (nSPS) is 10.9. The maximum Gasteiger partial charge on any atom is 0.266 e. The zero-order chi connectivity index (χ0) is 23.1. The summed E-state index contributed by atoms with van der Waals surface area (Å²) in [6.07, 6.45) is 1.54. The van der Waals surface area contributed by atoms with Crippen LogP contribution in [0.2, 0.25) is 0 Å². The zero-order valence-electron chi connectivity index (χ0n) is 18.1. The zero-order valence-corrected chi connectivity index (χ0v) is 20.3. The van der Waals surface area contributed by atoms with Gasteiger partial charge in [0, 0.05) is 5.69 Å². The van der Waals surface area contributed by atoms with E-state index in [-0.39, 0.29) is 5.57 Å². The minimum atomic E-state index is -0.464. The van der Waals surface area contributed by atoms with Crippen molar-refractivity contribution < 1.29 is 14.3 Å². The number of aryl methyl sites for hydroxylation is 2. The SMILES string of the molecule is COc1cc(/C=C(\C#N)C(=O)Nc2ccc(C)c(C)c2)cc(I)c1OCc1ccccc1. The third-order valence-corrected chi connectivity index (χ3v) is 5.72. The largest absolute Gasteiger partial charge is 0.493 e. The van der Waals surface area contributed by atoms with Gasteiger partial charge in [-0.1, -0.05) is 36.4 Å². The third-order valence-electron chi connectivity index (χ3n) is 4.92. The third kappa shape index (κ3) is 5.89. The van der Waals surface area contributed by atoms with Crippen LogP contribution in [0.25, 0.3) is 6.08 Å². The van der Waals surface area contributed by atoms with Gasteiger partial charge in [-0.15, -0.1) is 0 Å². The van der Waals surface area contributed by atoms with Crippen molar-refractivity contribution in [2.24, 2.45) is 0 Å². The van der Waals surface area contributed by atoms with Crippen LogP contribution in [-0.4, -0.2) is 13.0 Å². The van der Waals surface area contributed by atoms with Crippen LogP contribution in [0.5, 0.6) is 11.5 Å². The van der Waals surface area contributed by atoms with E-state index in [1.165, 1.54) is 0 Å². The monoisotopic (exact) mass is 538 g/mol. The molecule has 0 atom stereocenters. The predicted molar refractivity (Wildman–Crippen MR) is 135 cm³/mol. The highest BCUT2D eigenvalue weighted by Crippen LogP contribution is 2.35. The first-order chi connectivity index (χ1) is 15.4. The highest BCUT2D eigenvalue weighted by Gasteiger charge is 2.14. The van der Waals surface area contributed by atoms with Gasteiger partial charge < -0.3 is 14.8 Å². The van der Waals surface area contributed by atoms with E-state index in [4.69, 9.17) is 9.47 Å². The van der Waals surface area contributed by atoms with E-state index >= 15 is 0 Å². The number of anilines is 1. The van der Waals surface area contributed by atoms with Crippen molar-refractivity contribution in [2.45, 2.75) is 20.5 Å². The van der Waals surface area contributed by atoms with Gasteiger partial charge in [0.25, 0.3) is 5.91 Å². The van der Waals surface area contributed by atoms with E-state index in [0.717, 1.165) is 20.3 Å². The van der Waals surface area contributed by atoms with Crippen molar-refractivity contribution in [3.05, 3.63) is 92.1 Å². The Balaban J connectivity index is 1.82. The van der Waals surface area contributed by atoms with E-state index < -0.39 is 5.91 Å². The number of nitriles is 1. The molecule has 0 aliphatic carbocycles. The van der Waals surface area contributed by atoms with E-state index in [2.05, 4.69) is 27.9 Å². The molecule has 3 rings (SSSR count). The van der Waals surface area contributed by atoms with Crippen molar-refractivity contribution in [3.63, 3.8) is 0 Å². The number of carbonyl (C=O) groups excluding carboxylic acids is 1. The molecular weight excluding hydrogens is 515 g/mol. The van der Waals surface area contributed by atoms with Crippen molar-refractivity contribution in [1.82, 2.24) is 0 Å². The number of nitrogens with zero attached hydrogens (tertiary/aromatic N) is 1. The summed E-state index contributed by atoms with van der Waals surface area (Å²) in [7, 11) is 1.56. The molecule has 0 aliphatic rings. The van der Waals surface area contributed by atoms with Gasteiger partial charge in [0.05, 0.1) is 10.7 Å². The second-order valence-corrected chi connectivity index (χ2v) is 8.39. The van der Waals surface area contributed by atoms with E-state index in [0.29, 0.717) is 29.4 Å². The summed E-state index contributed by atoms with van der Waals surface area (Å²) in [4.78, 5) is 12.7. The Morgan fingerprint density at radius 1 is 1.09 bits per heavy atom. The minimum absolute atomic E-state index is 0.000893. The van der Waals surface area contributed by atoms with Crippen LogP contribution in [0.3, 0.4) is 0 Å². The summed E-state index contributed by atoms with van der Waals surface area (Å²) in [5, 5.41) is 12.3. The van der Waals surface area contributed by atoms with Crippen LogP contribution in [0.15, 0.2) is 66.2 Å². The Morgan fingerprint density at radius 2 is 1.84 bits per heavy atom. The quantitative estimate of drug-likeness (QED) is 0.226. The van der Waals surface area contributed by atoms with Crippen LogP contribution in [0.4, 0.5) is 5.69 Å². The highest BCUT2D eigenvalue weighted by molar-refractivity contribution is 14.1. The average Bonchev–Trinajstić information content (AvgIpc) is 2.79. The van der Waals surface area contributed by atoms with Crippen LogP contribution >= 0.6 is 22.6 Å². The molecule has 32 heavy (non-hydrogen) atoms. The molecule has 5 nitrogen and oxygen atoms in total. The van der Waals surface area contributed by atoms with Crippen molar-refractivity contribution >= 4 is 40.3 Å². The van der Waals surface area contributed by atoms with E-state index in [9.17, 15) is 10.1 Å². The Hall–Kier alpha value is -3.31. The number of halogens is 1. The number of benzene rings is 3. The molecule has 1 N–H and O–H groups in total. The number of methoxy groups -OCH3 is 1. The lowest BCUT2D eigenvalue weighted by molar-refractivity contribution is -0.112. The molecule has 0 bridgehead atoms. The number of carbonyl (C=O) groups is 1. The van der Waals surface area contributed by atoms with Gasteiger partial charge in [0.1, 0.15) is 18.2 Å². The summed E-state index contributed by atoms with van der Waals surface area (Å²) in [6, 6.07) is 21.1. The molecule has 6 heteroatoms. The summed E-state index contributed by atoms with van der Waals surface area (Å²) in [6.45, 7) is 4.38. The summed E-state index contributed by atoms with van der Waals surface area (Å²) in [5.41, 5.74) is 4.57. The van der Waals surface area contributed by atoms with Gasteiger partial charge in [-0.05, 0) is 89.0 Å². The fourth-order valence-electron chi connectivity index (χ4n) is 3.03. The average molecular weight is 538 g/mol. The molecule has 0 unspecified atom stereocenters. The van der Waals surface area contributed by atoms with Crippen LogP contribution in [0.1, 0.15) is 22.3 Å². The molecule has 0 heterocycles. The molecule has 0 fully saturated rings. The molecule has 3 aromatic carbocycles. The maximum atomic E-state index is 12.7. The van der Waals surface area contributed by atoms with E-state index in [1.54, 1.807) is 19.3 Å². The Kier molecular flexibility index (Phi) is 7.90. The lowest BCUT2D eigenvalue weighted by atomic mass is 10.1. The second-order valence-electron chi connectivity index (χ2n) is 7.23. The van der Waals surface area contributed by atoms with Crippen LogP contribution < -0.4 is 14.8 Å². The first-order valence-corrected chi connectivity index (χ1v) is 11.0. The molecule has 0 saturated heterocycles. The fraction of sp³-hybridized carbons (Fsp3) is 0.154. The maximum absolute atomic E-state index is 12.7. The van der Waals surface area contributed by atoms with Gasteiger partial charge in [-0.2, -0.15) is 5.26 Å². The van der Waals surface area contributed by atoms with Crippen molar-refractivity contribution in [2.75, 3.05) is 12.4 Å². The Morgan fingerprint density at radius 3 is 2.50 bits per heavy atom. The van der Waals surface area contributed by atoms with Crippen molar-refractivity contribution in [3.8, 4) is 17.6 Å². The molecule has 162 valence electrons. The van der Waals surface area contributed by atoms with Gasteiger partial charge >= 0.3 is 0 Å². The van der Waals surface area contributed by atoms with Crippen LogP contribution in [-0.2, 0) is 11.4 Å². The lowest BCUT2D eigenvalue weighted by Crippen LogP contribution is -2.13. The highest BCUT2D eigenvalue weighted by atomic mass is 127.